The van der Waals surface area contributed by atoms with Gasteiger partial charge in [-0.1, -0.05) is 26.7 Å². The SMILES string of the molecule is CCCCC(C)C(=O)c1ccc(S(C)(=O)=O)cc1[N+](=O)[O-]. The minimum atomic E-state index is -3.55. The molecule has 7 heteroatoms. The first-order valence-corrected chi connectivity index (χ1v) is 8.60. The third kappa shape index (κ3) is 4.35. The summed E-state index contributed by atoms with van der Waals surface area (Å²) in [6, 6.07) is 3.43. The van der Waals surface area contributed by atoms with E-state index in [-0.39, 0.29) is 22.2 Å². The van der Waals surface area contributed by atoms with Crippen LogP contribution in [0.2, 0.25) is 0 Å². The number of nitrogens with zero attached hydrogens (tertiary/aromatic N) is 1. The van der Waals surface area contributed by atoms with Gasteiger partial charge in [0.1, 0.15) is 0 Å². The van der Waals surface area contributed by atoms with Gasteiger partial charge in [0.05, 0.1) is 15.4 Å². The second-order valence-corrected chi connectivity index (χ2v) is 7.13. The van der Waals surface area contributed by atoms with Gasteiger partial charge >= 0.3 is 0 Å². The van der Waals surface area contributed by atoms with Gasteiger partial charge in [-0.15, -0.1) is 0 Å². The molecule has 0 fully saturated rings. The smallest absolute Gasteiger partial charge is 0.281 e. The van der Waals surface area contributed by atoms with Crippen molar-refractivity contribution in [1.82, 2.24) is 0 Å². The molecule has 0 N–H and O–H groups in total. The summed E-state index contributed by atoms with van der Waals surface area (Å²) in [6.07, 6.45) is 3.42. The van der Waals surface area contributed by atoms with Crippen LogP contribution < -0.4 is 0 Å². The third-order valence-corrected chi connectivity index (χ3v) is 4.41. The molecular weight excluding hydrogens is 294 g/mol. The first kappa shape index (κ1) is 17.3. The lowest BCUT2D eigenvalue weighted by Gasteiger charge is -2.10. The molecule has 0 saturated carbocycles. The van der Waals surface area contributed by atoms with Gasteiger partial charge in [0.15, 0.2) is 15.6 Å². The lowest BCUT2D eigenvalue weighted by molar-refractivity contribution is -0.385. The Morgan fingerprint density at radius 1 is 1.38 bits per heavy atom. The fraction of sp³-hybridized carbons (Fsp3) is 0.500. The highest BCUT2D eigenvalue weighted by Gasteiger charge is 2.26. The van der Waals surface area contributed by atoms with Crippen LogP contribution in [-0.2, 0) is 9.84 Å². The van der Waals surface area contributed by atoms with Gasteiger partial charge in [0, 0.05) is 18.2 Å². The van der Waals surface area contributed by atoms with E-state index in [0.717, 1.165) is 25.2 Å². The van der Waals surface area contributed by atoms with Crippen LogP contribution in [0.5, 0.6) is 0 Å². The maximum atomic E-state index is 12.3. The van der Waals surface area contributed by atoms with E-state index in [0.29, 0.717) is 6.42 Å². The maximum Gasteiger partial charge on any atom is 0.281 e. The molecule has 0 saturated heterocycles. The average molecular weight is 313 g/mol. The van der Waals surface area contributed by atoms with Crippen molar-refractivity contribution in [3.05, 3.63) is 33.9 Å². The molecule has 1 atom stereocenters. The highest BCUT2D eigenvalue weighted by Crippen LogP contribution is 2.26. The number of benzene rings is 1. The van der Waals surface area contributed by atoms with Crippen molar-refractivity contribution < 1.29 is 18.1 Å². The predicted octanol–water partition coefficient (Wildman–Crippen LogP) is 3.01. The van der Waals surface area contributed by atoms with Crippen LogP contribution in [0, 0.1) is 16.0 Å². The molecule has 21 heavy (non-hydrogen) atoms. The molecule has 0 heterocycles. The highest BCUT2D eigenvalue weighted by molar-refractivity contribution is 7.90. The van der Waals surface area contributed by atoms with Crippen LogP contribution in [-0.4, -0.2) is 25.4 Å². The molecule has 0 aliphatic rings. The zero-order valence-electron chi connectivity index (χ0n) is 12.3. The number of nitro benzene ring substituents is 1. The Morgan fingerprint density at radius 3 is 2.48 bits per heavy atom. The van der Waals surface area contributed by atoms with Gasteiger partial charge < -0.3 is 0 Å². The zero-order chi connectivity index (χ0) is 16.2. The van der Waals surface area contributed by atoms with E-state index in [1.165, 1.54) is 12.1 Å². The van der Waals surface area contributed by atoms with Crippen molar-refractivity contribution in [2.75, 3.05) is 6.26 Å². The van der Waals surface area contributed by atoms with Crippen LogP contribution in [0.1, 0.15) is 43.5 Å². The summed E-state index contributed by atoms with van der Waals surface area (Å²) in [7, 11) is -3.55. The Morgan fingerprint density at radius 2 is 2.00 bits per heavy atom. The summed E-state index contributed by atoms with van der Waals surface area (Å²) in [4.78, 5) is 22.5. The van der Waals surface area contributed by atoms with Gasteiger partial charge in [0.25, 0.3) is 5.69 Å². The Labute approximate surface area is 124 Å². The molecule has 1 aromatic rings. The zero-order valence-corrected chi connectivity index (χ0v) is 13.1. The summed E-state index contributed by atoms with van der Waals surface area (Å²) in [5.41, 5.74) is -0.484. The summed E-state index contributed by atoms with van der Waals surface area (Å²) in [5, 5.41) is 11.1. The quantitative estimate of drug-likeness (QED) is 0.438. The lowest BCUT2D eigenvalue weighted by Crippen LogP contribution is -2.14. The Hall–Kier alpha value is -1.76. The summed E-state index contributed by atoms with van der Waals surface area (Å²) < 4.78 is 22.9. The van der Waals surface area contributed by atoms with Gasteiger partial charge in [0.2, 0.25) is 0 Å². The number of Topliss-reactive ketones (excluding diaryl/α,β-unsaturated/α-hetero) is 1. The van der Waals surface area contributed by atoms with Crippen LogP contribution >= 0.6 is 0 Å². The van der Waals surface area contributed by atoms with Crippen molar-refractivity contribution >= 4 is 21.3 Å². The minimum Gasteiger partial charge on any atom is -0.294 e. The van der Waals surface area contributed by atoms with Crippen LogP contribution in [0.4, 0.5) is 5.69 Å². The molecule has 116 valence electrons. The standard InChI is InChI=1S/C14H19NO5S/c1-4-5-6-10(2)14(16)12-8-7-11(21(3,19)20)9-13(12)15(17)18/h7-10H,4-6H2,1-3H3. The Kier molecular flexibility index (Phi) is 5.60. The molecule has 0 radical (unpaired) electrons. The predicted molar refractivity (Wildman–Crippen MR) is 79.2 cm³/mol. The molecule has 1 unspecified atom stereocenters. The van der Waals surface area contributed by atoms with E-state index in [1.807, 2.05) is 6.92 Å². The highest BCUT2D eigenvalue weighted by atomic mass is 32.2. The van der Waals surface area contributed by atoms with E-state index in [2.05, 4.69) is 0 Å². The van der Waals surface area contributed by atoms with E-state index in [4.69, 9.17) is 0 Å². The Bertz CT molecular complexity index is 651. The molecule has 1 rings (SSSR count). The largest absolute Gasteiger partial charge is 0.294 e. The molecule has 6 nitrogen and oxygen atoms in total. The van der Waals surface area contributed by atoms with E-state index < -0.39 is 20.4 Å². The number of ketones is 1. The summed E-state index contributed by atoms with van der Waals surface area (Å²) in [5.74, 6) is -0.650. The first-order chi connectivity index (χ1) is 9.68. The fourth-order valence-corrected chi connectivity index (χ4v) is 2.65. The van der Waals surface area contributed by atoms with Crippen LogP contribution in [0.3, 0.4) is 0 Å². The number of rotatable bonds is 7. The second kappa shape index (κ2) is 6.80. The van der Waals surface area contributed by atoms with E-state index in [1.54, 1.807) is 6.92 Å². The van der Waals surface area contributed by atoms with Gasteiger partial charge in [-0.2, -0.15) is 0 Å². The molecular formula is C14H19NO5S. The number of unbranched alkanes of at least 4 members (excludes halogenated alkanes) is 1. The number of hydrogen-bond donors (Lipinski definition) is 0. The summed E-state index contributed by atoms with van der Waals surface area (Å²) >= 11 is 0. The molecule has 0 aromatic heterocycles. The van der Waals surface area contributed by atoms with Crippen molar-refractivity contribution in [3.63, 3.8) is 0 Å². The monoisotopic (exact) mass is 313 g/mol. The number of carbonyl (C=O) groups excluding carboxylic acids is 1. The third-order valence-electron chi connectivity index (χ3n) is 3.30. The minimum absolute atomic E-state index is 0.0315. The molecule has 1 aromatic carbocycles. The van der Waals surface area contributed by atoms with E-state index >= 15 is 0 Å². The Balaban J connectivity index is 3.24. The van der Waals surface area contributed by atoms with Crippen molar-refractivity contribution in [2.24, 2.45) is 5.92 Å². The molecule has 0 spiro atoms. The molecule has 0 aliphatic carbocycles. The van der Waals surface area contributed by atoms with Crippen LogP contribution in [0.25, 0.3) is 0 Å². The fourth-order valence-electron chi connectivity index (χ4n) is 2.01. The molecule has 0 amide bonds. The molecule has 0 bridgehead atoms. The first-order valence-electron chi connectivity index (χ1n) is 6.71. The second-order valence-electron chi connectivity index (χ2n) is 5.12. The lowest BCUT2D eigenvalue weighted by atomic mass is 9.93. The average Bonchev–Trinajstić information content (AvgIpc) is 2.42. The van der Waals surface area contributed by atoms with Gasteiger partial charge in [-0.05, 0) is 18.6 Å². The maximum absolute atomic E-state index is 12.3. The van der Waals surface area contributed by atoms with E-state index in [9.17, 15) is 23.3 Å². The number of hydrogen-bond acceptors (Lipinski definition) is 5. The number of sulfone groups is 1. The summed E-state index contributed by atoms with van der Waals surface area (Å²) in [6.45, 7) is 3.73. The van der Waals surface area contributed by atoms with Gasteiger partial charge in [-0.25, -0.2) is 8.42 Å². The van der Waals surface area contributed by atoms with Gasteiger partial charge in [-0.3, -0.25) is 14.9 Å². The topological polar surface area (TPSA) is 94.3 Å². The number of carbonyl (C=O) groups is 1. The van der Waals surface area contributed by atoms with Crippen molar-refractivity contribution in [3.8, 4) is 0 Å². The molecule has 0 aliphatic heterocycles. The normalized spacial score (nSPS) is 12.9. The van der Waals surface area contributed by atoms with Crippen LogP contribution in [0.15, 0.2) is 23.1 Å². The van der Waals surface area contributed by atoms with Crippen molar-refractivity contribution in [2.45, 2.75) is 38.0 Å². The van der Waals surface area contributed by atoms with Crippen molar-refractivity contribution in [1.29, 1.82) is 0 Å². The number of nitro groups is 1.